The summed E-state index contributed by atoms with van der Waals surface area (Å²) >= 11 is 0. The van der Waals surface area contributed by atoms with Crippen LogP contribution in [0.2, 0.25) is 0 Å². The van der Waals surface area contributed by atoms with Crippen molar-refractivity contribution in [2.45, 2.75) is 44.0 Å². The highest BCUT2D eigenvalue weighted by molar-refractivity contribution is 6.02. The summed E-state index contributed by atoms with van der Waals surface area (Å²) in [5.74, 6) is -1.27. The molecule has 0 unspecified atom stereocenters. The van der Waals surface area contributed by atoms with Gasteiger partial charge in [0.15, 0.2) is 5.78 Å². The van der Waals surface area contributed by atoms with Gasteiger partial charge in [-0.15, -0.1) is 0 Å². The molecule has 0 heterocycles. The van der Waals surface area contributed by atoms with E-state index >= 15 is 0 Å². The molecule has 0 spiro atoms. The molecule has 2 aliphatic rings. The zero-order valence-electron chi connectivity index (χ0n) is 11.2. The van der Waals surface area contributed by atoms with Gasteiger partial charge < -0.3 is 20.4 Å². The van der Waals surface area contributed by atoms with Crippen LogP contribution in [0.1, 0.15) is 40.2 Å². The van der Waals surface area contributed by atoms with Crippen LogP contribution in [0.15, 0.2) is 12.1 Å². The molecule has 0 aromatic heterocycles. The summed E-state index contributed by atoms with van der Waals surface area (Å²) in [5.41, 5.74) is 1.47. The average Bonchev–Trinajstić information content (AvgIpc) is 2.41. The Hall–Kier alpha value is -1.43. The highest BCUT2D eigenvalue weighted by Gasteiger charge is 2.48. The molecule has 1 aromatic carbocycles. The Morgan fingerprint density at radius 2 is 1.85 bits per heavy atom. The van der Waals surface area contributed by atoms with Gasteiger partial charge in [-0.3, -0.25) is 4.79 Å². The molecule has 3 rings (SSSR count). The van der Waals surface area contributed by atoms with Crippen LogP contribution in [0.3, 0.4) is 0 Å². The Morgan fingerprint density at radius 3 is 2.55 bits per heavy atom. The number of carbonyl (C=O) groups is 1. The standard InChI is InChI=1S/C15H18O5/c1-6-4-8-9(5-11(6)17)14(19)13(18)7-2-3-10(16)15(20)12(7)8/h4-5,7,10,12-13,15-18,20H,2-3H2,1H3/t7-,10-,12-,13+,15+/m1/s1. The maximum Gasteiger partial charge on any atom is 0.191 e. The first-order valence-electron chi connectivity index (χ1n) is 6.83. The average molecular weight is 278 g/mol. The number of aliphatic hydroxyl groups is 3. The molecule has 4 N–H and O–H groups in total. The van der Waals surface area contributed by atoms with Crippen LogP contribution in [-0.4, -0.2) is 44.5 Å². The van der Waals surface area contributed by atoms with Crippen LogP contribution in [0.4, 0.5) is 0 Å². The SMILES string of the molecule is Cc1cc2c(cc1O)C(=O)[C@@H](O)[C@@H]1CC[C@@H](O)[C@H](O)[C@@H]21. The first kappa shape index (κ1) is 13.5. The summed E-state index contributed by atoms with van der Waals surface area (Å²) in [5, 5.41) is 40.0. The first-order chi connectivity index (χ1) is 9.41. The minimum atomic E-state index is -1.18. The molecule has 0 amide bonds. The molecule has 5 atom stereocenters. The minimum Gasteiger partial charge on any atom is -0.508 e. The fourth-order valence-electron chi connectivity index (χ4n) is 3.54. The van der Waals surface area contributed by atoms with E-state index in [0.717, 1.165) is 0 Å². The molecule has 2 aliphatic carbocycles. The number of fused-ring (bicyclic) bond motifs is 3. The Balaban J connectivity index is 2.18. The smallest absolute Gasteiger partial charge is 0.191 e. The number of carbonyl (C=O) groups excluding carboxylic acids is 1. The lowest BCUT2D eigenvalue weighted by Gasteiger charge is -2.44. The van der Waals surface area contributed by atoms with Gasteiger partial charge in [-0.25, -0.2) is 0 Å². The molecule has 5 heteroatoms. The van der Waals surface area contributed by atoms with Crippen LogP contribution in [0, 0.1) is 12.8 Å². The van der Waals surface area contributed by atoms with Crippen molar-refractivity contribution in [1.82, 2.24) is 0 Å². The van der Waals surface area contributed by atoms with Gasteiger partial charge in [0.2, 0.25) is 0 Å². The Bertz CT molecular complexity index is 568. The second-order valence-corrected chi connectivity index (χ2v) is 5.86. The van der Waals surface area contributed by atoms with Crippen molar-refractivity contribution in [1.29, 1.82) is 0 Å². The van der Waals surface area contributed by atoms with E-state index < -0.39 is 30.0 Å². The monoisotopic (exact) mass is 278 g/mol. The van der Waals surface area contributed by atoms with Crippen molar-refractivity contribution in [2.24, 2.45) is 5.92 Å². The minimum absolute atomic E-state index is 0.00593. The predicted molar refractivity (Wildman–Crippen MR) is 70.7 cm³/mol. The number of ketones is 1. The van der Waals surface area contributed by atoms with Crippen molar-refractivity contribution in [2.75, 3.05) is 0 Å². The second kappa shape index (κ2) is 4.55. The number of aromatic hydroxyl groups is 1. The number of rotatable bonds is 0. The van der Waals surface area contributed by atoms with E-state index in [1.165, 1.54) is 6.07 Å². The topological polar surface area (TPSA) is 98.0 Å². The van der Waals surface area contributed by atoms with Crippen molar-refractivity contribution in [3.8, 4) is 5.75 Å². The van der Waals surface area contributed by atoms with Gasteiger partial charge in [-0.2, -0.15) is 0 Å². The van der Waals surface area contributed by atoms with Gasteiger partial charge in [0, 0.05) is 17.4 Å². The molecule has 1 fully saturated rings. The lowest BCUT2D eigenvalue weighted by atomic mass is 9.64. The molecule has 1 aromatic rings. The zero-order chi connectivity index (χ0) is 14.6. The molecule has 5 nitrogen and oxygen atoms in total. The highest BCUT2D eigenvalue weighted by atomic mass is 16.3. The van der Waals surface area contributed by atoms with E-state index in [4.69, 9.17) is 0 Å². The van der Waals surface area contributed by atoms with Crippen LogP contribution in [0.25, 0.3) is 0 Å². The van der Waals surface area contributed by atoms with E-state index in [9.17, 15) is 25.2 Å². The van der Waals surface area contributed by atoms with Crippen LogP contribution in [0.5, 0.6) is 5.75 Å². The number of Topliss-reactive ketones (excluding diaryl/α,β-unsaturated/α-hetero) is 1. The largest absolute Gasteiger partial charge is 0.508 e. The number of aliphatic hydroxyl groups excluding tert-OH is 3. The van der Waals surface area contributed by atoms with Crippen LogP contribution in [-0.2, 0) is 0 Å². The second-order valence-electron chi connectivity index (χ2n) is 5.86. The first-order valence-corrected chi connectivity index (χ1v) is 6.83. The lowest BCUT2D eigenvalue weighted by Crippen LogP contribution is -2.50. The zero-order valence-corrected chi connectivity index (χ0v) is 11.2. The Kier molecular flexibility index (Phi) is 3.08. The number of benzene rings is 1. The summed E-state index contributed by atoms with van der Waals surface area (Å²) < 4.78 is 0. The molecule has 0 aliphatic heterocycles. The molecule has 20 heavy (non-hydrogen) atoms. The maximum atomic E-state index is 12.2. The van der Waals surface area contributed by atoms with Gasteiger partial charge in [0.05, 0.1) is 12.2 Å². The van der Waals surface area contributed by atoms with Gasteiger partial charge in [-0.1, -0.05) is 6.07 Å². The summed E-state index contributed by atoms with van der Waals surface area (Å²) in [7, 11) is 0. The van der Waals surface area contributed by atoms with Gasteiger partial charge >= 0.3 is 0 Å². The molecule has 108 valence electrons. The van der Waals surface area contributed by atoms with Gasteiger partial charge in [-0.05, 0) is 37.0 Å². The summed E-state index contributed by atoms with van der Waals surface area (Å²) in [4.78, 5) is 12.2. The van der Waals surface area contributed by atoms with E-state index in [0.29, 0.717) is 24.0 Å². The summed E-state index contributed by atoms with van der Waals surface area (Å²) in [6.45, 7) is 1.71. The fourth-order valence-corrected chi connectivity index (χ4v) is 3.54. The molecule has 0 bridgehead atoms. The number of hydrogen-bond acceptors (Lipinski definition) is 5. The molecule has 0 radical (unpaired) electrons. The molecular weight excluding hydrogens is 260 g/mol. The van der Waals surface area contributed by atoms with E-state index in [-0.39, 0.29) is 17.2 Å². The van der Waals surface area contributed by atoms with Crippen LogP contribution >= 0.6 is 0 Å². The molecule has 1 saturated carbocycles. The number of phenols is 1. The van der Waals surface area contributed by atoms with Crippen molar-refractivity contribution in [3.63, 3.8) is 0 Å². The lowest BCUT2D eigenvalue weighted by molar-refractivity contribution is -0.0643. The van der Waals surface area contributed by atoms with Crippen molar-refractivity contribution < 1.29 is 25.2 Å². The number of aryl methyl sites for hydroxylation is 1. The third-order valence-electron chi connectivity index (χ3n) is 4.69. The maximum absolute atomic E-state index is 12.2. The third kappa shape index (κ3) is 1.78. The van der Waals surface area contributed by atoms with Crippen molar-refractivity contribution in [3.05, 3.63) is 28.8 Å². The van der Waals surface area contributed by atoms with E-state index in [1.807, 2.05) is 0 Å². The van der Waals surface area contributed by atoms with Gasteiger partial charge in [0.25, 0.3) is 0 Å². The molecule has 0 saturated heterocycles. The summed E-state index contributed by atoms with van der Waals surface area (Å²) in [6, 6.07) is 3.02. The predicted octanol–water partition coefficient (Wildman–Crippen LogP) is 0.473. The molecular formula is C15H18O5. The number of hydrogen-bond donors (Lipinski definition) is 4. The highest BCUT2D eigenvalue weighted by Crippen LogP contribution is 2.46. The Morgan fingerprint density at radius 1 is 1.15 bits per heavy atom. The quantitative estimate of drug-likeness (QED) is 0.553. The summed E-state index contributed by atoms with van der Waals surface area (Å²) in [6.07, 6.45) is -2.16. The third-order valence-corrected chi connectivity index (χ3v) is 4.69. The number of phenolic OH excluding ortho intramolecular Hbond substituents is 1. The fraction of sp³-hybridized carbons (Fsp3) is 0.533. The normalized spacial score (nSPS) is 36.4. The van der Waals surface area contributed by atoms with E-state index in [2.05, 4.69) is 0 Å². The van der Waals surface area contributed by atoms with Crippen LogP contribution < -0.4 is 0 Å². The van der Waals surface area contributed by atoms with Gasteiger partial charge in [0.1, 0.15) is 11.9 Å². The van der Waals surface area contributed by atoms with Crippen molar-refractivity contribution >= 4 is 5.78 Å². The Labute approximate surface area is 116 Å². The van der Waals surface area contributed by atoms with E-state index in [1.54, 1.807) is 13.0 Å².